The molecular formula is C15H8ClF6NO4S. The molecule has 5 nitrogen and oxygen atoms in total. The van der Waals surface area contributed by atoms with Crippen LogP contribution in [0.4, 0.5) is 26.3 Å². The lowest BCUT2D eigenvalue weighted by molar-refractivity contribution is -0.137. The molecule has 0 aliphatic carbocycles. The van der Waals surface area contributed by atoms with E-state index in [0.29, 0.717) is 0 Å². The Morgan fingerprint density at radius 2 is 1.46 bits per heavy atom. The smallest absolute Gasteiger partial charge is 0.318 e. The second-order valence-corrected chi connectivity index (χ2v) is 7.58. The van der Waals surface area contributed by atoms with Gasteiger partial charge in [0.1, 0.15) is 12.4 Å². The maximum atomic E-state index is 13.9. The normalized spacial score (nSPS) is 11.9. The summed E-state index contributed by atoms with van der Waals surface area (Å²) in [4.78, 5) is 8.76. The van der Waals surface area contributed by atoms with Crippen molar-refractivity contribution in [3.63, 3.8) is 0 Å². The van der Waals surface area contributed by atoms with E-state index in [0.717, 1.165) is 18.2 Å². The van der Waals surface area contributed by atoms with Crippen molar-refractivity contribution in [1.29, 1.82) is 0 Å². The zero-order valence-corrected chi connectivity index (χ0v) is 14.9. The van der Waals surface area contributed by atoms with Crippen LogP contribution in [0.3, 0.4) is 0 Å². The van der Waals surface area contributed by atoms with Gasteiger partial charge in [0.15, 0.2) is 28.2 Å². The van der Waals surface area contributed by atoms with E-state index < -0.39 is 68.9 Å². The Kier molecular flexibility index (Phi) is 6.26. The first-order valence-corrected chi connectivity index (χ1v) is 8.87. The quantitative estimate of drug-likeness (QED) is 0.418. The molecule has 28 heavy (non-hydrogen) atoms. The number of rotatable bonds is 6. The first-order valence-electron chi connectivity index (χ1n) is 7.05. The topological polar surface area (TPSA) is 74.7 Å². The fourth-order valence-corrected chi connectivity index (χ4v) is 3.86. The number of halogens is 7. The molecule has 2 aromatic carbocycles. The van der Waals surface area contributed by atoms with Gasteiger partial charge in [-0.3, -0.25) is 4.79 Å². The summed E-state index contributed by atoms with van der Waals surface area (Å²) in [5.74, 6) is -15.6. The van der Waals surface area contributed by atoms with Crippen LogP contribution in [-0.2, 0) is 21.4 Å². The van der Waals surface area contributed by atoms with Gasteiger partial charge in [-0.1, -0.05) is 17.7 Å². The number of hydrogen-bond donors (Lipinski definition) is 1. The average molecular weight is 448 g/mol. The Balaban J connectivity index is 2.65. The summed E-state index contributed by atoms with van der Waals surface area (Å²) in [5, 5.41) is 8.52. The highest BCUT2D eigenvalue weighted by Crippen LogP contribution is 2.30. The van der Waals surface area contributed by atoms with Gasteiger partial charge in [0.25, 0.3) is 0 Å². The molecule has 0 unspecified atom stereocenters. The summed E-state index contributed by atoms with van der Waals surface area (Å²) in [6, 6.07) is 2.55. The van der Waals surface area contributed by atoms with E-state index in [4.69, 9.17) is 16.7 Å². The molecule has 13 heteroatoms. The zero-order valence-electron chi connectivity index (χ0n) is 13.3. The fourth-order valence-electron chi connectivity index (χ4n) is 2.16. The van der Waals surface area contributed by atoms with Crippen LogP contribution in [0.15, 0.2) is 23.1 Å². The van der Waals surface area contributed by atoms with Crippen molar-refractivity contribution in [2.45, 2.75) is 11.4 Å². The van der Waals surface area contributed by atoms with Crippen LogP contribution in [0.1, 0.15) is 5.56 Å². The summed E-state index contributed by atoms with van der Waals surface area (Å²) in [5.41, 5.74) is -0.184. The molecule has 0 saturated carbocycles. The fraction of sp³-hybridized carbons (Fsp3) is 0.133. The lowest BCUT2D eigenvalue weighted by Crippen LogP contribution is -2.36. The summed E-state index contributed by atoms with van der Waals surface area (Å²) in [6.07, 6.45) is 0. The van der Waals surface area contributed by atoms with E-state index in [1.54, 1.807) is 0 Å². The predicted octanol–water partition coefficient (Wildman–Crippen LogP) is 3.45. The molecule has 0 heterocycles. The second-order valence-electron chi connectivity index (χ2n) is 5.30. The van der Waals surface area contributed by atoms with Crippen LogP contribution in [0.2, 0.25) is 5.02 Å². The molecule has 0 spiro atoms. The molecule has 0 bridgehead atoms. The van der Waals surface area contributed by atoms with Gasteiger partial charge in [0.2, 0.25) is 15.8 Å². The average Bonchev–Trinajstić information content (AvgIpc) is 2.59. The van der Waals surface area contributed by atoms with Crippen molar-refractivity contribution < 1.29 is 44.7 Å². The lowest BCUT2D eigenvalue weighted by atomic mass is 10.2. The maximum Gasteiger partial charge on any atom is 0.318 e. The minimum absolute atomic E-state index is 0.0767. The van der Waals surface area contributed by atoms with Gasteiger partial charge < -0.3 is 5.11 Å². The Morgan fingerprint density at radius 3 is 1.93 bits per heavy atom. The predicted molar refractivity (Wildman–Crippen MR) is 82.9 cm³/mol. The molecule has 0 saturated heterocycles. The number of carbonyl (C=O) groups is 1. The van der Waals surface area contributed by atoms with Gasteiger partial charge in [-0.05, 0) is 17.7 Å². The van der Waals surface area contributed by atoms with Crippen molar-refractivity contribution in [2.75, 3.05) is 6.54 Å². The van der Waals surface area contributed by atoms with Gasteiger partial charge in [-0.2, -0.15) is 4.31 Å². The van der Waals surface area contributed by atoms with Crippen molar-refractivity contribution in [3.05, 3.63) is 63.7 Å². The van der Waals surface area contributed by atoms with Crippen LogP contribution in [0, 0.1) is 34.9 Å². The van der Waals surface area contributed by atoms with Crippen molar-refractivity contribution in [3.8, 4) is 0 Å². The molecule has 2 aromatic rings. The van der Waals surface area contributed by atoms with Gasteiger partial charge in [0, 0.05) is 11.6 Å². The van der Waals surface area contributed by atoms with Crippen LogP contribution >= 0.6 is 11.6 Å². The SMILES string of the molecule is O=C(O)CN(Cc1ccc(F)cc1Cl)S(=O)(=O)c1c(F)c(F)c(F)c(F)c1F. The Labute approximate surface area is 158 Å². The van der Waals surface area contributed by atoms with E-state index in [2.05, 4.69) is 0 Å². The van der Waals surface area contributed by atoms with Crippen LogP contribution in [-0.4, -0.2) is 30.3 Å². The summed E-state index contributed by atoms with van der Waals surface area (Å²) in [6.45, 7) is -2.36. The van der Waals surface area contributed by atoms with E-state index in [1.807, 2.05) is 0 Å². The third-order valence-electron chi connectivity index (χ3n) is 3.44. The minimum atomic E-state index is -5.54. The summed E-state index contributed by atoms with van der Waals surface area (Å²) in [7, 11) is -5.54. The Morgan fingerprint density at radius 1 is 0.964 bits per heavy atom. The highest BCUT2D eigenvalue weighted by molar-refractivity contribution is 7.89. The molecule has 0 fully saturated rings. The number of aliphatic carboxylic acids is 1. The second kappa shape index (κ2) is 7.97. The van der Waals surface area contributed by atoms with Crippen molar-refractivity contribution in [1.82, 2.24) is 4.31 Å². The van der Waals surface area contributed by atoms with Crippen LogP contribution < -0.4 is 0 Å². The third-order valence-corrected chi connectivity index (χ3v) is 5.61. The Bertz CT molecular complexity index is 1030. The third kappa shape index (κ3) is 4.08. The lowest BCUT2D eigenvalue weighted by Gasteiger charge is -2.22. The number of sulfonamides is 1. The van der Waals surface area contributed by atoms with Gasteiger partial charge in [-0.25, -0.2) is 34.8 Å². The molecule has 0 atom stereocenters. The molecule has 1 N–H and O–H groups in total. The minimum Gasteiger partial charge on any atom is -0.480 e. The molecule has 0 aliphatic heterocycles. The van der Waals surface area contributed by atoms with Crippen LogP contribution in [0.25, 0.3) is 0 Å². The molecule has 0 amide bonds. The molecule has 152 valence electrons. The molecular weight excluding hydrogens is 440 g/mol. The first-order chi connectivity index (χ1) is 12.9. The number of nitrogens with zero attached hydrogens (tertiary/aromatic N) is 1. The maximum absolute atomic E-state index is 13.9. The largest absolute Gasteiger partial charge is 0.480 e. The molecule has 2 rings (SSSR count). The zero-order chi connectivity index (χ0) is 21.4. The van der Waals surface area contributed by atoms with Crippen LogP contribution in [0.5, 0.6) is 0 Å². The van der Waals surface area contributed by atoms with Gasteiger partial charge in [-0.15, -0.1) is 0 Å². The monoisotopic (exact) mass is 447 g/mol. The van der Waals surface area contributed by atoms with Gasteiger partial charge >= 0.3 is 5.97 Å². The molecule has 0 radical (unpaired) electrons. The number of benzene rings is 2. The van der Waals surface area contributed by atoms with E-state index in [9.17, 15) is 39.6 Å². The van der Waals surface area contributed by atoms with E-state index in [1.165, 1.54) is 0 Å². The molecule has 0 aliphatic rings. The first kappa shape index (κ1) is 22.0. The number of hydrogen-bond acceptors (Lipinski definition) is 3. The summed E-state index contributed by atoms with van der Waals surface area (Å²) < 4.78 is 106. The van der Waals surface area contributed by atoms with E-state index in [-0.39, 0.29) is 14.9 Å². The van der Waals surface area contributed by atoms with E-state index >= 15 is 0 Å². The Hall–Kier alpha value is -2.31. The van der Waals surface area contributed by atoms with Crippen molar-refractivity contribution >= 4 is 27.6 Å². The standard InChI is InChI=1S/C15H8ClF6NO4S/c16-8-3-7(17)2-1-6(8)4-23(5-9(24)25)28(26,27)15-13(21)11(19)10(18)12(20)14(15)22/h1-3H,4-5H2,(H,24,25). The van der Waals surface area contributed by atoms with Gasteiger partial charge in [0.05, 0.1) is 0 Å². The number of carboxylic acid groups (broad SMARTS) is 1. The highest BCUT2D eigenvalue weighted by Gasteiger charge is 2.38. The van der Waals surface area contributed by atoms with Crippen molar-refractivity contribution in [2.24, 2.45) is 0 Å². The molecule has 0 aromatic heterocycles. The number of carboxylic acids is 1. The summed E-state index contributed by atoms with van der Waals surface area (Å²) >= 11 is 5.71. The highest BCUT2D eigenvalue weighted by atomic mass is 35.5.